The van der Waals surface area contributed by atoms with Crippen LogP contribution in [0.5, 0.6) is 0 Å². The number of nitrogens with zero attached hydrogens (tertiary/aromatic N) is 1. The second-order valence-electron chi connectivity index (χ2n) is 6.96. The summed E-state index contributed by atoms with van der Waals surface area (Å²) in [7, 11) is 0. The summed E-state index contributed by atoms with van der Waals surface area (Å²) in [5.74, 6) is -1.65. The predicted molar refractivity (Wildman–Crippen MR) is 93.1 cm³/mol. The molecule has 2 aromatic rings. The number of rotatable bonds is 4. The number of hydrogen-bond donors (Lipinski definition) is 1. The highest BCUT2D eigenvalue weighted by molar-refractivity contribution is 6.11. The second kappa shape index (κ2) is 7.01. The summed E-state index contributed by atoms with van der Waals surface area (Å²) in [6.45, 7) is 7.10. The molecule has 1 amide bonds. The first-order chi connectivity index (χ1) is 11.6. The Morgan fingerprint density at radius 1 is 1.08 bits per heavy atom. The number of amides is 1. The van der Waals surface area contributed by atoms with Gasteiger partial charge in [-0.3, -0.25) is 19.0 Å². The van der Waals surface area contributed by atoms with E-state index in [2.05, 4.69) is 5.32 Å². The van der Waals surface area contributed by atoms with Crippen LogP contribution in [0.4, 0.5) is 4.39 Å². The van der Waals surface area contributed by atoms with E-state index in [9.17, 15) is 18.8 Å². The molecular formula is C19H21FN2O3. The molecule has 6 heteroatoms. The van der Waals surface area contributed by atoms with Gasteiger partial charge in [-0.2, -0.15) is 0 Å². The van der Waals surface area contributed by atoms with Crippen LogP contribution >= 0.6 is 0 Å². The van der Waals surface area contributed by atoms with Crippen LogP contribution in [0.3, 0.4) is 0 Å². The number of ketones is 1. The highest BCUT2D eigenvalue weighted by Crippen LogP contribution is 2.16. The van der Waals surface area contributed by atoms with Crippen LogP contribution in [-0.2, 0) is 4.79 Å². The largest absolute Gasteiger partial charge is 0.349 e. The Balaban J connectivity index is 2.53. The molecular weight excluding hydrogens is 323 g/mol. The number of nitrogens with one attached hydrogen (secondary N) is 1. The van der Waals surface area contributed by atoms with Crippen molar-refractivity contribution in [1.82, 2.24) is 9.88 Å². The van der Waals surface area contributed by atoms with E-state index < -0.39 is 34.6 Å². The van der Waals surface area contributed by atoms with Gasteiger partial charge in [0.25, 0.3) is 11.5 Å². The fraction of sp³-hybridized carbons (Fsp3) is 0.316. The molecule has 1 aromatic carbocycles. The number of pyridine rings is 1. The number of carbonyl (C=O) groups is 2. The predicted octanol–water partition coefficient (Wildman–Crippen LogP) is 2.63. The topological polar surface area (TPSA) is 68.2 Å². The molecule has 1 aromatic heterocycles. The Morgan fingerprint density at radius 3 is 2.24 bits per heavy atom. The minimum Gasteiger partial charge on any atom is -0.349 e. The number of carbonyl (C=O) groups excluding carboxylic acids is 2. The molecule has 0 radical (unpaired) electrons. The Morgan fingerprint density at radius 2 is 1.68 bits per heavy atom. The fourth-order valence-corrected chi connectivity index (χ4v) is 2.40. The van der Waals surface area contributed by atoms with Gasteiger partial charge in [0.05, 0.1) is 0 Å². The van der Waals surface area contributed by atoms with E-state index in [4.69, 9.17) is 0 Å². The van der Waals surface area contributed by atoms with Gasteiger partial charge in [0.2, 0.25) is 0 Å². The third-order valence-corrected chi connectivity index (χ3v) is 3.49. The van der Waals surface area contributed by atoms with Crippen LogP contribution in [-0.4, -0.2) is 21.8 Å². The van der Waals surface area contributed by atoms with Crippen LogP contribution in [0.15, 0.2) is 47.4 Å². The number of aromatic nitrogens is 1. The first kappa shape index (κ1) is 18.6. The number of halogens is 1. The normalized spacial score (nSPS) is 12.5. The van der Waals surface area contributed by atoms with E-state index in [1.165, 1.54) is 24.4 Å². The number of Topliss-reactive ketones (excluding diaryl/α,β-unsaturated/α-hetero) is 1. The summed E-state index contributed by atoms with van der Waals surface area (Å²) >= 11 is 0. The second-order valence-corrected chi connectivity index (χ2v) is 6.96. The quantitative estimate of drug-likeness (QED) is 0.685. The van der Waals surface area contributed by atoms with Gasteiger partial charge in [0.15, 0.2) is 11.8 Å². The summed E-state index contributed by atoms with van der Waals surface area (Å²) < 4.78 is 14.2. The zero-order chi connectivity index (χ0) is 18.8. The van der Waals surface area contributed by atoms with Gasteiger partial charge in [0.1, 0.15) is 5.82 Å². The Kier molecular flexibility index (Phi) is 5.21. The van der Waals surface area contributed by atoms with E-state index >= 15 is 0 Å². The molecule has 0 saturated heterocycles. The molecule has 1 unspecified atom stereocenters. The molecule has 0 fully saturated rings. The average molecular weight is 344 g/mol. The number of benzene rings is 1. The molecule has 5 nitrogen and oxygen atoms in total. The van der Waals surface area contributed by atoms with E-state index in [-0.39, 0.29) is 5.56 Å². The van der Waals surface area contributed by atoms with Crippen molar-refractivity contribution in [2.75, 3.05) is 0 Å². The van der Waals surface area contributed by atoms with Crippen LogP contribution < -0.4 is 10.9 Å². The van der Waals surface area contributed by atoms with Crippen LogP contribution in [0, 0.1) is 12.7 Å². The highest BCUT2D eigenvalue weighted by Gasteiger charge is 2.32. The van der Waals surface area contributed by atoms with Gasteiger partial charge in [-0.15, -0.1) is 0 Å². The smallest absolute Gasteiger partial charge is 0.251 e. The third-order valence-electron chi connectivity index (χ3n) is 3.49. The van der Waals surface area contributed by atoms with E-state index in [1.807, 2.05) is 0 Å². The summed E-state index contributed by atoms with van der Waals surface area (Å²) in [5, 5.41) is 2.73. The van der Waals surface area contributed by atoms with Gasteiger partial charge in [0, 0.05) is 23.4 Å². The maximum atomic E-state index is 13.1. The van der Waals surface area contributed by atoms with Crippen molar-refractivity contribution in [3.05, 3.63) is 69.9 Å². The first-order valence-corrected chi connectivity index (χ1v) is 7.89. The van der Waals surface area contributed by atoms with Crippen molar-refractivity contribution in [3.63, 3.8) is 0 Å². The van der Waals surface area contributed by atoms with Gasteiger partial charge in [-0.05, 0) is 57.5 Å². The highest BCUT2D eigenvalue weighted by atomic mass is 19.1. The molecule has 0 aliphatic heterocycles. The Hall–Kier alpha value is -2.76. The molecule has 1 heterocycles. The van der Waals surface area contributed by atoms with Gasteiger partial charge >= 0.3 is 0 Å². The molecule has 1 N–H and O–H groups in total. The van der Waals surface area contributed by atoms with Gasteiger partial charge in [-0.1, -0.05) is 6.07 Å². The van der Waals surface area contributed by atoms with E-state index in [1.54, 1.807) is 33.8 Å². The van der Waals surface area contributed by atoms with Crippen LogP contribution in [0.2, 0.25) is 0 Å². The molecule has 2 rings (SSSR count). The van der Waals surface area contributed by atoms with Crippen LogP contribution in [0.25, 0.3) is 0 Å². The lowest BCUT2D eigenvalue weighted by Gasteiger charge is -2.25. The van der Waals surface area contributed by atoms with Crippen molar-refractivity contribution in [1.29, 1.82) is 0 Å². The molecule has 0 aliphatic rings. The minimum atomic E-state index is -1.36. The first-order valence-electron chi connectivity index (χ1n) is 7.89. The van der Waals surface area contributed by atoms with E-state index in [0.717, 1.165) is 22.3 Å². The molecule has 0 saturated carbocycles. The monoisotopic (exact) mass is 344 g/mol. The van der Waals surface area contributed by atoms with Crippen molar-refractivity contribution in [3.8, 4) is 0 Å². The Labute approximate surface area is 145 Å². The molecule has 0 aliphatic carbocycles. The maximum Gasteiger partial charge on any atom is 0.251 e. The Bertz CT molecular complexity index is 848. The summed E-state index contributed by atoms with van der Waals surface area (Å²) in [6.07, 6.45) is 1.47. The number of aryl methyl sites for hydroxylation is 1. The standard InChI is InChI=1S/C19H21FN2O3/c1-12-5-10-15(23)22(11-12)16(18(25)21-19(2,3)4)17(24)13-6-8-14(20)9-7-13/h5-11,16H,1-4H3,(H,21,25). The lowest BCUT2D eigenvalue weighted by Crippen LogP contribution is -2.48. The molecule has 25 heavy (non-hydrogen) atoms. The fourth-order valence-electron chi connectivity index (χ4n) is 2.40. The van der Waals surface area contributed by atoms with Crippen LogP contribution in [0.1, 0.15) is 42.7 Å². The summed E-state index contributed by atoms with van der Waals surface area (Å²) in [5.41, 5.74) is -0.148. The summed E-state index contributed by atoms with van der Waals surface area (Å²) in [4.78, 5) is 37.9. The maximum absolute atomic E-state index is 13.1. The zero-order valence-corrected chi connectivity index (χ0v) is 14.7. The lowest BCUT2D eigenvalue weighted by molar-refractivity contribution is -0.124. The van der Waals surface area contributed by atoms with Crippen molar-refractivity contribution >= 4 is 11.7 Å². The molecule has 0 bridgehead atoms. The zero-order valence-electron chi connectivity index (χ0n) is 14.7. The molecule has 132 valence electrons. The van der Waals surface area contributed by atoms with Gasteiger partial charge < -0.3 is 5.32 Å². The average Bonchev–Trinajstić information content (AvgIpc) is 2.49. The lowest BCUT2D eigenvalue weighted by atomic mass is 10.0. The van der Waals surface area contributed by atoms with E-state index in [0.29, 0.717) is 0 Å². The number of hydrogen-bond acceptors (Lipinski definition) is 3. The molecule has 0 spiro atoms. The van der Waals surface area contributed by atoms with Crippen molar-refractivity contribution < 1.29 is 14.0 Å². The van der Waals surface area contributed by atoms with Crippen molar-refractivity contribution in [2.45, 2.75) is 39.3 Å². The summed E-state index contributed by atoms with van der Waals surface area (Å²) in [6, 6.07) is 6.45. The van der Waals surface area contributed by atoms with Crippen molar-refractivity contribution in [2.24, 2.45) is 0 Å². The third kappa shape index (κ3) is 4.62. The molecule has 1 atom stereocenters. The SMILES string of the molecule is Cc1ccc(=O)n(C(C(=O)NC(C)(C)C)C(=O)c2ccc(F)cc2)c1. The van der Waals surface area contributed by atoms with Gasteiger partial charge in [-0.25, -0.2) is 4.39 Å². The minimum absolute atomic E-state index is 0.156.